The SMILES string of the molecule is Cc1ccc2c(c1)N(C(=O)C1CC1)CCC2. The second-order valence-electron chi connectivity index (χ2n) is 5.00. The number of anilines is 1. The predicted octanol–water partition coefficient (Wildman–Crippen LogP) is 2.68. The van der Waals surface area contributed by atoms with Crippen LogP contribution in [0.4, 0.5) is 5.69 Å². The van der Waals surface area contributed by atoms with Crippen LogP contribution in [0.25, 0.3) is 0 Å². The molecule has 1 aromatic rings. The molecule has 0 unspecified atom stereocenters. The standard InChI is InChI=1S/C14H17NO/c1-10-4-5-11-3-2-8-15(13(11)9-10)14(16)12-6-7-12/h4-5,9,12H,2-3,6-8H2,1H3. The number of rotatable bonds is 1. The van der Waals surface area contributed by atoms with Gasteiger partial charge in [-0.05, 0) is 49.8 Å². The molecule has 0 radical (unpaired) electrons. The minimum absolute atomic E-state index is 0.325. The van der Waals surface area contributed by atoms with Crippen molar-refractivity contribution in [1.82, 2.24) is 0 Å². The molecular weight excluding hydrogens is 198 g/mol. The molecule has 16 heavy (non-hydrogen) atoms. The van der Waals surface area contributed by atoms with E-state index in [9.17, 15) is 4.79 Å². The van der Waals surface area contributed by atoms with Gasteiger partial charge >= 0.3 is 0 Å². The number of fused-ring (bicyclic) bond motifs is 1. The van der Waals surface area contributed by atoms with Crippen LogP contribution in [0.15, 0.2) is 18.2 Å². The average Bonchev–Trinajstić information content (AvgIpc) is 3.11. The molecule has 0 N–H and O–H groups in total. The average molecular weight is 215 g/mol. The van der Waals surface area contributed by atoms with Crippen molar-refractivity contribution in [3.05, 3.63) is 29.3 Å². The van der Waals surface area contributed by atoms with Crippen LogP contribution in [-0.4, -0.2) is 12.5 Å². The Labute approximate surface area is 96.3 Å². The van der Waals surface area contributed by atoms with Gasteiger partial charge in [-0.2, -0.15) is 0 Å². The monoisotopic (exact) mass is 215 g/mol. The highest BCUT2D eigenvalue weighted by molar-refractivity contribution is 5.97. The summed E-state index contributed by atoms with van der Waals surface area (Å²) in [7, 11) is 0. The fourth-order valence-electron chi connectivity index (χ4n) is 2.46. The zero-order chi connectivity index (χ0) is 11.1. The van der Waals surface area contributed by atoms with E-state index < -0.39 is 0 Å². The molecule has 1 aliphatic carbocycles. The largest absolute Gasteiger partial charge is 0.312 e. The van der Waals surface area contributed by atoms with Gasteiger partial charge < -0.3 is 4.90 Å². The summed E-state index contributed by atoms with van der Waals surface area (Å²) in [6.07, 6.45) is 4.41. The Bertz CT molecular complexity index is 434. The summed E-state index contributed by atoms with van der Waals surface area (Å²) < 4.78 is 0. The van der Waals surface area contributed by atoms with Gasteiger partial charge in [-0.15, -0.1) is 0 Å². The summed E-state index contributed by atoms with van der Waals surface area (Å²) in [6.45, 7) is 3.00. The van der Waals surface area contributed by atoms with Crippen LogP contribution >= 0.6 is 0 Å². The molecule has 2 heteroatoms. The Hall–Kier alpha value is -1.31. The molecule has 0 aromatic heterocycles. The van der Waals surface area contributed by atoms with Crippen molar-refractivity contribution < 1.29 is 4.79 Å². The number of hydrogen-bond acceptors (Lipinski definition) is 1. The van der Waals surface area contributed by atoms with Crippen molar-refractivity contribution in [2.45, 2.75) is 32.6 Å². The lowest BCUT2D eigenvalue weighted by atomic mass is 9.99. The summed E-state index contributed by atoms with van der Waals surface area (Å²) in [6, 6.07) is 6.48. The Morgan fingerprint density at radius 3 is 2.94 bits per heavy atom. The molecular formula is C14H17NO. The molecule has 0 spiro atoms. The summed E-state index contributed by atoms with van der Waals surface area (Å²) in [5.41, 5.74) is 3.75. The Kier molecular flexibility index (Phi) is 2.23. The van der Waals surface area contributed by atoms with Crippen molar-refractivity contribution in [2.24, 2.45) is 5.92 Å². The molecule has 1 saturated carbocycles. The molecule has 0 saturated heterocycles. The van der Waals surface area contributed by atoms with Gasteiger partial charge in [0, 0.05) is 18.2 Å². The fourth-order valence-corrected chi connectivity index (χ4v) is 2.46. The minimum Gasteiger partial charge on any atom is -0.312 e. The lowest BCUT2D eigenvalue weighted by Crippen LogP contribution is -2.36. The van der Waals surface area contributed by atoms with E-state index >= 15 is 0 Å². The van der Waals surface area contributed by atoms with E-state index in [4.69, 9.17) is 0 Å². The van der Waals surface area contributed by atoms with Crippen molar-refractivity contribution in [3.8, 4) is 0 Å². The molecule has 2 aliphatic rings. The van der Waals surface area contributed by atoms with Crippen LogP contribution in [0.3, 0.4) is 0 Å². The van der Waals surface area contributed by atoms with E-state index in [1.165, 1.54) is 16.8 Å². The van der Waals surface area contributed by atoms with E-state index in [0.29, 0.717) is 11.8 Å². The highest BCUT2D eigenvalue weighted by atomic mass is 16.2. The Morgan fingerprint density at radius 2 is 2.19 bits per heavy atom. The maximum absolute atomic E-state index is 12.2. The number of aryl methyl sites for hydroxylation is 2. The lowest BCUT2D eigenvalue weighted by Gasteiger charge is -2.30. The minimum atomic E-state index is 0.325. The number of amides is 1. The summed E-state index contributed by atoms with van der Waals surface area (Å²) in [5, 5.41) is 0. The molecule has 1 heterocycles. The van der Waals surface area contributed by atoms with Gasteiger partial charge in [-0.3, -0.25) is 4.79 Å². The zero-order valence-electron chi connectivity index (χ0n) is 9.70. The van der Waals surface area contributed by atoms with Crippen LogP contribution in [0.1, 0.15) is 30.4 Å². The summed E-state index contributed by atoms with van der Waals surface area (Å²) >= 11 is 0. The lowest BCUT2D eigenvalue weighted by molar-refractivity contribution is -0.119. The number of carbonyl (C=O) groups excluding carboxylic acids is 1. The molecule has 1 aromatic carbocycles. The highest BCUT2D eigenvalue weighted by Crippen LogP contribution is 2.36. The third kappa shape index (κ3) is 1.62. The maximum atomic E-state index is 12.2. The summed E-state index contributed by atoms with van der Waals surface area (Å²) in [4.78, 5) is 14.2. The molecule has 1 fully saturated rings. The first kappa shape index (κ1) is 9.88. The van der Waals surface area contributed by atoms with Gasteiger partial charge in [0.15, 0.2) is 0 Å². The number of hydrogen-bond donors (Lipinski definition) is 0. The molecule has 3 rings (SSSR count). The third-order valence-electron chi connectivity index (χ3n) is 3.55. The van der Waals surface area contributed by atoms with E-state index in [0.717, 1.165) is 32.2 Å². The summed E-state index contributed by atoms with van der Waals surface area (Å²) in [5.74, 6) is 0.679. The first-order chi connectivity index (χ1) is 7.75. The third-order valence-corrected chi connectivity index (χ3v) is 3.55. The first-order valence-corrected chi connectivity index (χ1v) is 6.16. The smallest absolute Gasteiger partial charge is 0.230 e. The number of carbonyl (C=O) groups is 1. The van der Waals surface area contributed by atoms with E-state index in [1.54, 1.807) is 0 Å². The molecule has 1 aliphatic heterocycles. The van der Waals surface area contributed by atoms with Gasteiger partial charge in [0.1, 0.15) is 0 Å². The molecule has 2 nitrogen and oxygen atoms in total. The highest BCUT2D eigenvalue weighted by Gasteiger charge is 2.35. The maximum Gasteiger partial charge on any atom is 0.230 e. The van der Waals surface area contributed by atoms with Crippen molar-refractivity contribution in [3.63, 3.8) is 0 Å². The van der Waals surface area contributed by atoms with Gasteiger partial charge in [-0.25, -0.2) is 0 Å². The second-order valence-corrected chi connectivity index (χ2v) is 5.00. The number of benzene rings is 1. The van der Waals surface area contributed by atoms with Crippen LogP contribution in [0.5, 0.6) is 0 Å². The molecule has 1 amide bonds. The van der Waals surface area contributed by atoms with Crippen LogP contribution in [0.2, 0.25) is 0 Å². The van der Waals surface area contributed by atoms with Gasteiger partial charge in [0.05, 0.1) is 0 Å². The second kappa shape index (κ2) is 3.62. The molecule has 84 valence electrons. The van der Waals surface area contributed by atoms with Crippen molar-refractivity contribution in [1.29, 1.82) is 0 Å². The van der Waals surface area contributed by atoms with Crippen molar-refractivity contribution >= 4 is 11.6 Å². The zero-order valence-corrected chi connectivity index (χ0v) is 9.70. The van der Waals surface area contributed by atoms with Crippen LogP contribution in [0, 0.1) is 12.8 Å². The number of nitrogens with zero attached hydrogens (tertiary/aromatic N) is 1. The van der Waals surface area contributed by atoms with Gasteiger partial charge in [0.2, 0.25) is 5.91 Å². The van der Waals surface area contributed by atoms with Crippen LogP contribution < -0.4 is 4.90 Å². The Balaban J connectivity index is 1.97. The first-order valence-electron chi connectivity index (χ1n) is 6.16. The fraction of sp³-hybridized carbons (Fsp3) is 0.500. The molecule has 0 bridgehead atoms. The van der Waals surface area contributed by atoms with Crippen molar-refractivity contribution in [2.75, 3.05) is 11.4 Å². The van der Waals surface area contributed by atoms with E-state index in [1.807, 2.05) is 4.90 Å². The van der Waals surface area contributed by atoms with Crippen LogP contribution in [-0.2, 0) is 11.2 Å². The quantitative estimate of drug-likeness (QED) is 0.705. The van der Waals surface area contributed by atoms with Gasteiger partial charge in [-0.1, -0.05) is 12.1 Å². The van der Waals surface area contributed by atoms with E-state index in [-0.39, 0.29) is 0 Å². The van der Waals surface area contributed by atoms with Gasteiger partial charge in [0.25, 0.3) is 0 Å². The Morgan fingerprint density at radius 1 is 1.38 bits per heavy atom. The topological polar surface area (TPSA) is 20.3 Å². The normalized spacial score (nSPS) is 19.4. The predicted molar refractivity (Wildman–Crippen MR) is 64.6 cm³/mol. The molecule has 0 atom stereocenters. The van der Waals surface area contributed by atoms with E-state index in [2.05, 4.69) is 25.1 Å².